The average Bonchev–Trinajstić information content (AvgIpc) is 2.81. The van der Waals surface area contributed by atoms with E-state index in [1.807, 2.05) is 19.2 Å². The maximum atomic E-state index is 12.4. The molecular weight excluding hydrogens is 290 g/mol. The van der Waals surface area contributed by atoms with Crippen molar-refractivity contribution < 1.29 is 9.90 Å². The molecule has 21 heavy (non-hydrogen) atoms. The lowest BCUT2D eigenvalue weighted by molar-refractivity contribution is 0.0884. The largest absolute Gasteiger partial charge is 0.396 e. The minimum absolute atomic E-state index is 0.0200. The van der Waals surface area contributed by atoms with Gasteiger partial charge in [0.05, 0.1) is 0 Å². The van der Waals surface area contributed by atoms with Crippen LogP contribution in [0.3, 0.4) is 0 Å². The lowest BCUT2D eigenvalue weighted by Crippen LogP contribution is -2.47. The van der Waals surface area contributed by atoms with Crippen molar-refractivity contribution in [1.29, 1.82) is 0 Å². The number of carbonyl (C=O) groups excluding carboxylic acids is 1. The van der Waals surface area contributed by atoms with Gasteiger partial charge in [-0.05, 0) is 26.7 Å². The van der Waals surface area contributed by atoms with Crippen molar-refractivity contribution in [3.05, 3.63) is 33.2 Å². The first-order valence-corrected chi connectivity index (χ1v) is 7.69. The van der Waals surface area contributed by atoms with Gasteiger partial charge in [-0.25, -0.2) is 4.98 Å². The van der Waals surface area contributed by atoms with Crippen molar-refractivity contribution >= 4 is 22.2 Å². The van der Waals surface area contributed by atoms with E-state index in [0.717, 1.165) is 5.69 Å². The predicted molar refractivity (Wildman–Crippen MR) is 81.9 cm³/mol. The highest BCUT2D eigenvalue weighted by molar-refractivity contribution is 7.15. The Morgan fingerprint density at radius 3 is 2.90 bits per heavy atom. The molecule has 2 aromatic heterocycles. The number of amides is 1. The third-order valence-electron chi connectivity index (χ3n) is 3.72. The van der Waals surface area contributed by atoms with Crippen molar-refractivity contribution in [2.24, 2.45) is 0 Å². The van der Waals surface area contributed by atoms with Crippen LogP contribution in [0.4, 0.5) is 0 Å². The number of hydrogen-bond acceptors (Lipinski definition) is 5. The van der Waals surface area contributed by atoms with Gasteiger partial charge in [-0.1, -0.05) is 6.92 Å². The number of nitrogens with one attached hydrogen (secondary N) is 1. The molecule has 0 radical (unpaired) electrons. The molecule has 6 nitrogen and oxygen atoms in total. The molecule has 2 heterocycles. The Hall–Kier alpha value is -1.73. The number of fused-ring (bicyclic) bond motifs is 1. The highest BCUT2D eigenvalue weighted by Gasteiger charge is 2.26. The number of rotatable bonds is 5. The van der Waals surface area contributed by atoms with E-state index in [9.17, 15) is 9.59 Å². The second-order valence-corrected chi connectivity index (χ2v) is 6.15. The summed E-state index contributed by atoms with van der Waals surface area (Å²) in [6, 6.07) is 0. The molecule has 0 saturated carbocycles. The van der Waals surface area contributed by atoms with Crippen molar-refractivity contribution in [1.82, 2.24) is 14.7 Å². The smallest absolute Gasteiger partial charge is 0.271 e. The highest BCUT2D eigenvalue weighted by atomic mass is 32.1. The lowest BCUT2D eigenvalue weighted by Gasteiger charge is -2.28. The first-order chi connectivity index (χ1) is 9.91. The predicted octanol–water partition coefficient (Wildman–Crippen LogP) is 1.35. The van der Waals surface area contributed by atoms with Gasteiger partial charge in [0.2, 0.25) is 0 Å². The molecule has 0 bridgehead atoms. The molecule has 2 aromatic rings. The van der Waals surface area contributed by atoms with Crippen LogP contribution in [-0.4, -0.2) is 32.5 Å². The fourth-order valence-electron chi connectivity index (χ4n) is 2.10. The summed E-state index contributed by atoms with van der Waals surface area (Å²) in [5, 5.41) is 13.7. The SMILES string of the molecule is CCC(C)(CCO)NC(=O)c1cnc2scc(C)n2c1=O. The van der Waals surface area contributed by atoms with E-state index in [2.05, 4.69) is 10.3 Å². The number of aliphatic hydroxyl groups is 1. The van der Waals surface area contributed by atoms with Gasteiger partial charge < -0.3 is 10.4 Å². The molecule has 1 amide bonds. The van der Waals surface area contributed by atoms with Crippen molar-refractivity contribution in [2.45, 2.75) is 39.2 Å². The van der Waals surface area contributed by atoms with Gasteiger partial charge in [0.1, 0.15) is 5.56 Å². The third kappa shape index (κ3) is 2.98. The second-order valence-electron chi connectivity index (χ2n) is 5.31. The molecule has 2 rings (SSSR count). The number of nitrogens with zero attached hydrogens (tertiary/aromatic N) is 2. The Kier molecular flexibility index (Phi) is 4.43. The third-order valence-corrected chi connectivity index (χ3v) is 4.68. The summed E-state index contributed by atoms with van der Waals surface area (Å²) in [6.45, 7) is 5.55. The molecule has 0 spiro atoms. The molecule has 0 aliphatic carbocycles. The van der Waals surface area contributed by atoms with Crippen molar-refractivity contribution in [3.63, 3.8) is 0 Å². The van der Waals surface area contributed by atoms with Gasteiger partial charge in [-0.2, -0.15) is 0 Å². The fraction of sp³-hybridized carbons (Fsp3) is 0.500. The van der Waals surface area contributed by atoms with E-state index in [0.29, 0.717) is 17.8 Å². The molecule has 114 valence electrons. The topological polar surface area (TPSA) is 83.7 Å². The van der Waals surface area contributed by atoms with Gasteiger partial charge >= 0.3 is 0 Å². The van der Waals surface area contributed by atoms with E-state index < -0.39 is 11.4 Å². The van der Waals surface area contributed by atoms with Crippen molar-refractivity contribution in [2.75, 3.05) is 6.61 Å². The monoisotopic (exact) mass is 309 g/mol. The van der Waals surface area contributed by atoms with Crippen LogP contribution in [0.25, 0.3) is 4.96 Å². The maximum Gasteiger partial charge on any atom is 0.271 e. The molecule has 0 aliphatic heterocycles. The van der Waals surface area contributed by atoms with Crippen molar-refractivity contribution in [3.8, 4) is 0 Å². The molecule has 1 unspecified atom stereocenters. The zero-order valence-corrected chi connectivity index (χ0v) is 13.2. The summed E-state index contributed by atoms with van der Waals surface area (Å²) < 4.78 is 1.44. The first-order valence-electron chi connectivity index (χ1n) is 6.81. The van der Waals surface area contributed by atoms with Gasteiger partial charge in [0, 0.05) is 29.4 Å². The number of carbonyl (C=O) groups is 1. The molecule has 0 aromatic carbocycles. The summed E-state index contributed by atoms with van der Waals surface area (Å²) >= 11 is 1.36. The number of thiazole rings is 1. The van der Waals surface area contributed by atoms with Gasteiger partial charge in [-0.15, -0.1) is 11.3 Å². The Balaban J connectivity index is 2.38. The number of aromatic nitrogens is 2. The summed E-state index contributed by atoms with van der Waals surface area (Å²) in [5.74, 6) is -0.453. The quantitative estimate of drug-likeness (QED) is 0.873. The van der Waals surface area contributed by atoms with Crippen LogP contribution in [0.5, 0.6) is 0 Å². The Morgan fingerprint density at radius 2 is 2.29 bits per heavy atom. The summed E-state index contributed by atoms with van der Waals surface area (Å²) in [5.41, 5.74) is -0.122. The van der Waals surface area contributed by atoms with E-state index in [1.165, 1.54) is 21.9 Å². The molecule has 0 fully saturated rings. The molecule has 2 N–H and O–H groups in total. The average molecular weight is 309 g/mol. The number of aryl methyl sites for hydroxylation is 1. The molecule has 0 saturated heterocycles. The number of aliphatic hydroxyl groups excluding tert-OH is 1. The van der Waals surface area contributed by atoms with E-state index in [4.69, 9.17) is 5.11 Å². The highest BCUT2D eigenvalue weighted by Crippen LogP contribution is 2.15. The van der Waals surface area contributed by atoms with Crippen LogP contribution in [0, 0.1) is 6.92 Å². The number of hydrogen-bond donors (Lipinski definition) is 2. The molecule has 7 heteroatoms. The Labute approximate surface area is 126 Å². The van der Waals surface area contributed by atoms with E-state index in [-0.39, 0.29) is 17.7 Å². The van der Waals surface area contributed by atoms with Crippen LogP contribution in [0.15, 0.2) is 16.4 Å². The first kappa shape index (κ1) is 15.7. The molecule has 1 atom stereocenters. The minimum Gasteiger partial charge on any atom is -0.396 e. The van der Waals surface area contributed by atoms with Crippen LogP contribution in [0.1, 0.15) is 42.7 Å². The second kappa shape index (κ2) is 5.95. The summed E-state index contributed by atoms with van der Waals surface area (Å²) in [4.78, 5) is 29.5. The van der Waals surface area contributed by atoms with Gasteiger partial charge in [0.25, 0.3) is 11.5 Å². The lowest BCUT2D eigenvalue weighted by atomic mass is 9.94. The zero-order valence-electron chi connectivity index (χ0n) is 12.3. The van der Waals surface area contributed by atoms with Gasteiger partial charge in [0.15, 0.2) is 4.96 Å². The normalized spacial score (nSPS) is 14.1. The fourth-order valence-corrected chi connectivity index (χ4v) is 2.92. The Morgan fingerprint density at radius 1 is 1.57 bits per heavy atom. The molecule has 0 aliphatic rings. The molecular formula is C14H19N3O3S. The standard InChI is InChI=1S/C14H19N3O3S/c1-4-14(3,5-6-18)16-11(19)10-7-15-13-17(12(10)20)9(2)8-21-13/h7-8,18H,4-6H2,1-3H3,(H,16,19). The Bertz CT molecular complexity index is 722. The van der Waals surface area contributed by atoms with Crippen LogP contribution < -0.4 is 10.9 Å². The van der Waals surface area contributed by atoms with E-state index >= 15 is 0 Å². The van der Waals surface area contributed by atoms with Crippen LogP contribution in [-0.2, 0) is 0 Å². The minimum atomic E-state index is -0.540. The maximum absolute atomic E-state index is 12.4. The van der Waals surface area contributed by atoms with Crippen LogP contribution in [0.2, 0.25) is 0 Å². The summed E-state index contributed by atoms with van der Waals surface area (Å²) in [7, 11) is 0. The van der Waals surface area contributed by atoms with Gasteiger partial charge in [-0.3, -0.25) is 14.0 Å². The summed E-state index contributed by atoms with van der Waals surface area (Å²) in [6.07, 6.45) is 2.41. The van der Waals surface area contributed by atoms with Crippen LogP contribution >= 0.6 is 11.3 Å². The zero-order chi connectivity index (χ0) is 15.6. The van der Waals surface area contributed by atoms with E-state index in [1.54, 1.807) is 6.92 Å².